The number of carbonyl (C=O) groups excluding carboxylic acids is 2. The molecule has 0 bridgehead atoms. The molecule has 0 saturated carbocycles. The molecule has 4 aromatic rings. The molecule has 0 aromatic heterocycles. The average molecular weight is 652 g/mol. The fourth-order valence-electron chi connectivity index (χ4n) is 4.52. The lowest BCUT2D eigenvalue weighted by Crippen LogP contribution is -2.38. The summed E-state index contributed by atoms with van der Waals surface area (Å²) in [5.74, 6) is 0.476. The minimum atomic E-state index is -4.19. The second kappa shape index (κ2) is 14.8. The summed E-state index contributed by atoms with van der Waals surface area (Å²) in [7, 11) is 0.364. The van der Waals surface area contributed by atoms with Crippen molar-refractivity contribution < 1.29 is 32.2 Å². The van der Waals surface area contributed by atoms with Gasteiger partial charge in [-0.3, -0.25) is 13.9 Å². The van der Waals surface area contributed by atoms with Gasteiger partial charge in [-0.2, -0.15) is 0 Å². The van der Waals surface area contributed by atoms with E-state index in [1.807, 2.05) is 19.1 Å². The molecule has 0 unspecified atom stereocenters. The Morgan fingerprint density at radius 1 is 0.822 bits per heavy atom. The molecule has 0 radical (unpaired) electrons. The molecule has 236 valence electrons. The Morgan fingerprint density at radius 2 is 1.49 bits per heavy atom. The monoisotopic (exact) mass is 651 g/mol. The number of benzene rings is 4. The molecule has 0 fully saturated rings. The first kappa shape index (κ1) is 33.2. The molecule has 2 amide bonds. The van der Waals surface area contributed by atoms with Crippen LogP contribution in [-0.4, -0.2) is 54.7 Å². The summed E-state index contributed by atoms with van der Waals surface area (Å²) in [6.07, 6.45) is 0.525. The third-order valence-corrected chi connectivity index (χ3v) is 9.00. The van der Waals surface area contributed by atoms with Crippen LogP contribution in [0, 0.1) is 6.92 Å². The van der Waals surface area contributed by atoms with E-state index in [1.165, 1.54) is 37.4 Å². The first-order valence-corrected chi connectivity index (χ1v) is 15.7. The number of carbonyl (C=O) groups is 2. The van der Waals surface area contributed by atoms with Crippen LogP contribution >= 0.6 is 11.6 Å². The lowest BCUT2D eigenvalue weighted by Gasteiger charge is -2.25. The van der Waals surface area contributed by atoms with E-state index in [-0.39, 0.29) is 26.9 Å². The lowest BCUT2D eigenvalue weighted by atomic mass is 10.1. The SMILES string of the molecule is COc1ccc(N(CC(=O)Nc2ccccc2C(=O)NCCc2ccc(OC)c(OC)c2)S(=O)(=O)c2ccc(C)cc2)cc1Cl. The van der Waals surface area contributed by atoms with Crippen molar-refractivity contribution in [2.24, 2.45) is 0 Å². The molecular weight excluding hydrogens is 618 g/mol. The highest BCUT2D eigenvalue weighted by molar-refractivity contribution is 7.92. The molecule has 0 aliphatic rings. The summed E-state index contributed by atoms with van der Waals surface area (Å²) in [5, 5.41) is 5.74. The van der Waals surface area contributed by atoms with E-state index in [0.29, 0.717) is 30.2 Å². The number of sulfonamides is 1. The van der Waals surface area contributed by atoms with Crippen LogP contribution in [-0.2, 0) is 21.2 Å². The minimum Gasteiger partial charge on any atom is -0.495 e. The van der Waals surface area contributed by atoms with E-state index in [1.54, 1.807) is 56.7 Å². The third-order valence-electron chi connectivity index (χ3n) is 6.91. The van der Waals surface area contributed by atoms with Crippen molar-refractivity contribution in [2.75, 3.05) is 44.0 Å². The van der Waals surface area contributed by atoms with Crippen molar-refractivity contribution in [1.82, 2.24) is 5.32 Å². The fourth-order valence-corrected chi connectivity index (χ4v) is 6.19. The number of hydrogen-bond acceptors (Lipinski definition) is 7. The van der Waals surface area contributed by atoms with Gasteiger partial charge < -0.3 is 24.8 Å². The standard InChI is InChI=1S/C33H34ClN3O7S/c1-22-9-13-25(14-10-22)45(40,41)37(24-12-16-29(42-2)27(34)20-24)21-32(38)36-28-8-6-5-7-26(28)33(39)35-18-17-23-11-15-30(43-3)31(19-23)44-4/h5-16,19-20H,17-18,21H2,1-4H3,(H,35,39)(H,36,38). The van der Waals surface area contributed by atoms with Gasteiger partial charge in [-0.1, -0.05) is 47.5 Å². The maximum absolute atomic E-state index is 13.8. The van der Waals surface area contributed by atoms with Crippen LogP contribution in [0.5, 0.6) is 17.2 Å². The van der Waals surface area contributed by atoms with Crippen LogP contribution in [0.4, 0.5) is 11.4 Å². The number of nitrogens with one attached hydrogen (secondary N) is 2. The highest BCUT2D eigenvalue weighted by atomic mass is 35.5. The number of para-hydroxylation sites is 1. The Hall–Kier alpha value is -4.74. The van der Waals surface area contributed by atoms with Gasteiger partial charge in [0.05, 0.1) is 48.2 Å². The van der Waals surface area contributed by atoms with E-state index < -0.39 is 28.4 Å². The average Bonchev–Trinajstić information content (AvgIpc) is 3.03. The maximum Gasteiger partial charge on any atom is 0.264 e. The van der Waals surface area contributed by atoms with Gasteiger partial charge in [0.25, 0.3) is 15.9 Å². The Labute approximate surface area is 267 Å². The summed E-state index contributed by atoms with van der Waals surface area (Å²) >= 11 is 6.32. The van der Waals surface area contributed by atoms with Crippen molar-refractivity contribution in [3.63, 3.8) is 0 Å². The van der Waals surface area contributed by atoms with Crippen LogP contribution in [0.2, 0.25) is 5.02 Å². The molecule has 0 aliphatic heterocycles. The smallest absolute Gasteiger partial charge is 0.264 e. The number of aryl methyl sites for hydroxylation is 1. The summed E-state index contributed by atoms with van der Waals surface area (Å²) in [6.45, 7) is 1.57. The maximum atomic E-state index is 13.8. The number of rotatable bonds is 13. The second-order valence-corrected chi connectivity index (χ2v) is 12.2. The van der Waals surface area contributed by atoms with Gasteiger partial charge in [-0.15, -0.1) is 0 Å². The highest BCUT2D eigenvalue weighted by Gasteiger charge is 2.28. The molecule has 0 spiro atoms. The number of ether oxygens (including phenoxy) is 3. The van der Waals surface area contributed by atoms with E-state index in [0.717, 1.165) is 15.4 Å². The lowest BCUT2D eigenvalue weighted by molar-refractivity contribution is -0.114. The quantitative estimate of drug-likeness (QED) is 0.196. The van der Waals surface area contributed by atoms with Gasteiger partial charge in [-0.25, -0.2) is 8.42 Å². The van der Waals surface area contributed by atoms with Crippen molar-refractivity contribution in [3.8, 4) is 17.2 Å². The molecular formula is C33H34ClN3O7S. The van der Waals surface area contributed by atoms with Gasteiger partial charge in [0.15, 0.2) is 11.5 Å². The molecule has 45 heavy (non-hydrogen) atoms. The van der Waals surface area contributed by atoms with Crippen LogP contribution in [0.25, 0.3) is 0 Å². The van der Waals surface area contributed by atoms with E-state index >= 15 is 0 Å². The molecule has 2 N–H and O–H groups in total. The zero-order valence-corrected chi connectivity index (χ0v) is 26.9. The minimum absolute atomic E-state index is 0.00194. The van der Waals surface area contributed by atoms with E-state index in [9.17, 15) is 18.0 Å². The molecule has 12 heteroatoms. The van der Waals surface area contributed by atoms with Gasteiger partial charge in [0.1, 0.15) is 12.3 Å². The molecule has 4 rings (SSSR count). The zero-order valence-electron chi connectivity index (χ0n) is 25.3. The summed E-state index contributed by atoms with van der Waals surface area (Å²) in [5.41, 5.74) is 2.43. The molecule has 10 nitrogen and oxygen atoms in total. The van der Waals surface area contributed by atoms with Gasteiger partial charge in [0.2, 0.25) is 5.91 Å². The Morgan fingerprint density at radius 3 is 2.16 bits per heavy atom. The topological polar surface area (TPSA) is 123 Å². The van der Waals surface area contributed by atoms with Crippen LogP contribution in [0.15, 0.2) is 89.8 Å². The number of halogens is 1. The Balaban J connectivity index is 1.52. The van der Waals surface area contributed by atoms with Crippen molar-refractivity contribution >= 4 is 44.8 Å². The van der Waals surface area contributed by atoms with Gasteiger partial charge in [0, 0.05) is 6.54 Å². The van der Waals surface area contributed by atoms with Crippen LogP contribution in [0.1, 0.15) is 21.5 Å². The zero-order chi connectivity index (χ0) is 32.6. The molecule has 0 atom stereocenters. The van der Waals surface area contributed by atoms with Gasteiger partial charge in [-0.05, 0) is 73.5 Å². The van der Waals surface area contributed by atoms with Crippen molar-refractivity contribution in [1.29, 1.82) is 0 Å². The number of hydrogen-bond donors (Lipinski definition) is 2. The normalized spacial score (nSPS) is 11.0. The van der Waals surface area contributed by atoms with Crippen LogP contribution in [0.3, 0.4) is 0 Å². The molecule has 0 aliphatic carbocycles. The van der Waals surface area contributed by atoms with Crippen molar-refractivity contribution in [3.05, 3.63) is 107 Å². The third kappa shape index (κ3) is 8.05. The number of nitrogens with zero attached hydrogens (tertiary/aromatic N) is 1. The Bertz CT molecular complexity index is 1780. The number of amides is 2. The van der Waals surface area contributed by atoms with E-state index in [4.69, 9.17) is 25.8 Å². The second-order valence-electron chi connectivity index (χ2n) is 9.93. The number of methoxy groups -OCH3 is 3. The molecule has 0 heterocycles. The first-order valence-electron chi connectivity index (χ1n) is 13.9. The summed E-state index contributed by atoms with van der Waals surface area (Å²) in [6, 6.07) is 22.7. The van der Waals surface area contributed by atoms with Gasteiger partial charge >= 0.3 is 0 Å². The highest BCUT2D eigenvalue weighted by Crippen LogP contribution is 2.32. The summed E-state index contributed by atoms with van der Waals surface area (Å²) in [4.78, 5) is 26.5. The van der Waals surface area contributed by atoms with E-state index in [2.05, 4.69) is 10.6 Å². The molecule has 0 saturated heterocycles. The predicted octanol–water partition coefficient (Wildman–Crippen LogP) is 5.48. The fraction of sp³-hybridized carbons (Fsp3) is 0.212. The largest absolute Gasteiger partial charge is 0.495 e. The first-order chi connectivity index (χ1) is 21.6. The van der Waals surface area contributed by atoms with Crippen molar-refractivity contribution in [2.45, 2.75) is 18.2 Å². The Kier molecular flexibility index (Phi) is 10.9. The summed E-state index contributed by atoms with van der Waals surface area (Å²) < 4.78 is 44.3. The number of anilines is 2. The predicted molar refractivity (Wildman–Crippen MR) is 174 cm³/mol. The molecule has 4 aromatic carbocycles. The van der Waals surface area contributed by atoms with Crippen LogP contribution < -0.4 is 29.1 Å².